The summed E-state index contributed by atoms with van der Waals surface area (Å²) >= 11 is 0. The quantitative estimate of drug-likeness (QED) is 0.0642. The van der Waals surface area contributed by atoms with Crippen LogP contribution in [0, 0.1) is 24.0 Å². The van der Waals surface area contributed by atoms with Gasteiger partial charge in [-0.3, -0.25) is 14.7 Å². The zero-order chi connectivity index (χ0) is 37.4. The Balaban J connectivity index is 1.19. The van der Waals surface area contributed by atoms with Crippen LogP contribution in [0.2, 0.25) is 0 Å². The molecule has 0 amide bonds. The minimum absolute atomic E-state index is 0.000513. The predicted molar refractivity (Wildman–Crippen MR) is 202 cm³/mol. The first-order valence-electron chi connectivity index (χ1n) is 19.6. The molecule has 4 aromatic rings. The van der Waals surface area contributed by atoms with Crippen molar-refractivity contribution in [3.8, 4) is 35.4 Å². The first kappa shape index (κ1) is 36.5. The van der Waals surface area contributed by atoms with Crippen LogP contribution < -0.4 is 19.7 Å². The van der Waals surface area contributed by atoms with E-state index in [0.717, 1.165) is 57.9 Å². The van der Waals surface area contributed by atoms with Gasteiger partial charge >= 0.3 is 12.0 Å². The number of terminal acetylenes is 1. The van der Waals surface area contributed by atoms with E-state index in [2.05, 4.69) is 37.9 Å². The van der Waals surface area contributed by atoms with Crippen LogP contribution in [0.5, 0.6) is 11.8 Å². The molecule has 1 N–H and O–H groups in total. The Labute approximate surface area is 314 Å². The Morgan fingerprint density at radius 2 is 1.87 bits per heavy atom. The van der Waals surface area contributed by atoms with Crippen molar-refractivity contribution in [1.82, 2.24) is 25.2 Å². The van der Waals surface area contributed by atoms with Crippen molar-refractivity contribution in [2.24, 2.45) is 0 Å². The van der Waals surface area contributed by atoms with Crippen molar-refractivity contribution < 1.29 is 27.4 Å². The average Bonchev–Trinajstić information content (AvgIpc) is 3.81. The molecule has 4 fully saturated rings. The number of aromatic nitrogens is 3. The lowest BCUT2D eigenvalue weighted by molar-refractivity contribution is -0.134. The van der Waals surface area contributed by atoms with Gasteiger partial charge in [-0.15, -0.1) is 6.42 Å². The highest BCUT2D eigenvalue weighted by molar-refractivity contribution is 6.03. The first-order chi connectivity index (χ1) is 26.2. The van der Waals surface area contributed by atoms with Gasteiger partial charge in [-0.25, -0.2) is 13.2 Å². The van der Waals surface area contributed by atoms with Gasteiger partial charge in [0.1, 0.15) is 41.4 Å². The molecular weight excluding hydrogens is 693 g/mol. The lowest BCUT2D eigenvalue weighted by Crippen LogP contribution is -2.51. The number of fused-ring (bicyclic) bond motifs is 5. The van der Waals surface area contributed by atoms with E-state index in [1.165, 1.54) is 30.8 Å². The van der Waals surface area contributed by atoms with Crippen LogP contribution in [0.25, 0.3) is 32.9 Å². The third-order valence-corrected chi connectivity index (χ3v) is 11.8. The predicted octanol–water partition coefficient (Wildman–Crippen LogP) is 7.66. The van der Waals surface area contributed by atoms with Crippen LogP contribution in [0.15, 0.2) is 30.5 Å². The molecule has 4 aliphatic rings. The number of esters is 1. The van der Waals surface area contributed by atoms with Crippen molar-refractivity contribution in [2.75, 3.05) is 37.7 Å². The fourth-order valence-electron chi connectivity index (χ4n) is 9.16. The molecule has 6 heterocycles. The summed E-state index contributed by atoms with van der Waals surface area (Å²) in [6.45, 7) is 4.88. The van der Waals surface area contributed by atoms with Crippen LogP contribution >= 0.6 is 0 Å². The van der Waals surface area contributed by atoms with E-state index >= 15 is 8.78 Å². The van der Waals surface area contributed by atoms with E-state index < -0.39 is 29.3 Å². The number of ether oxygens (including phenoxy) is 2. The SMILES string of the molecule is C#Cc1c(F)ccc2cc(OC(=O)CCCCCCCC)cc(-c3ncc4c(N5CC6CCC(C5)N6)nc(OC[C@@]56CCCN5C[C@H](F)C6)nc4c3F)c12. The standard InChI is InChI=1S/C42H47F3N6O3/c1-3-5-6-7-8-9-11-35(52)54-30-18-26-12-15-34(44)31(4-2)36(26)32(19-30)38-37(45)39-33(21-46-38)40(50-23-28-13-14-29(24-50)47-28)49-41(48-39)53-25-42-16-10-17-51(42)22-27(43)20-42/h2,12,15,18-19,21,27-29,47H,3,5-11,13-14,16-17,20,22-25H2,1H3/t27-,28?,29?,42+/m1/s1. The van der Waals surface area contributed by atoms with Crippen LogP contribution in [0.3, 0.4) is 0 Å². The zero-order valence-electron chi connectivity index (χ0n) is 30.8. The first-order valence-corrected chi connectivity index (χ1v) is 19.6. The largest absolute Gasteiger partial charge is 0.461 e. The number of benzene rings is 2. The van der Waals surface area contributed by atoms with Crippen LogP contribution in [-0.4, -0.2) is 82.4 Å². The van der Waals surface area contributed by atoms with Gasteiger partial charge in [0.2, 0.25) is 0 Å². The second-order valence-electron chi connectivity index (χ2n) is 15.5. The highest BCUT2D eigenvalue weighted by Gasteiger charge is 2.49. The average molecular weight is 741 g/mol. The lowest BCUT2D eigenvalue weighted by atomic mass is 9.95. The van der Waals surface area contributed by atoms with Gasteiger partial charge in [-0.05, 0) is 62.2 Å². The van der Waals surface area contributed by atoms with Gasteiger partial charge in [-0.2, -0.15) is 9.97 Å². The van der Waals surface area contributed by atoms with Crippen molar-refractivity contribution in [2.45, 2.75) is 108 Å². The normalized spacial score (nSPS) is 23.6. The molecule has 8 rings (SSSR count). The summed E-state index contributed by atoms with van der Waals surface area (Å²) in [5, 5.41) is 4.77. The van der Waals surface area contributed by atoms with E-state index in [0.29, 0.717) is 49.1 Å². The number of halogens is 3. The molecule has 4 atom stereocenters. The number of pyridine rings is 1. The minimum atomic E-state index is -0.928. The number of hydrogen-bond donors (Lipinski definition) is 1. The minimum Gasteiger partial charge on any atom is -0.461 e. The molecule has 2 unspecified atom stereocenters. The van der Waals surface area contributed by atoms with Gasteiger partial charge in [0.25, 0.3) is 0 Å². The number of carbonyl (C=O) groups is 1. The molecule has 54 heavy (non-hydrogen) atoms. The Kier molecular flexibility index (Phi) is 10.4. The summed E-state index contributed by atoms with van der Waals surface area (Å²) in [6, 6.07) is 6.43. The van der Waals surface area contributed by atoms with E-state index in [4.69, 9.17) is 20.9 Å². The molecule has 9 nitrogen and oxygen atoms in total. The van der Waals surface area contributed by atoms with E-state index in [1.807, 2.05) is 0 Å². The summed E-state index contributed by atoms with van der Waals surface area (Å²) in [5.74, 6) is 1.30. The van der Waals surface area contributed by atoms with Gasteiger partial charge < -0.3 is 19.7 Å². The maximum Gasteiger partial charge on any atom is 0.319 e. The van der Waals surface area contributed by atoms with E-state index in [1.54, 1.807) is 6.07 Å². The molecule has 0 spiro atoms. The Hall–Kier alpha value is -4.47. The number of hydrogen-bond acceptors (Lipinski definition) is 9. The number of piperazine rings is 1. The fourth-order valence-corrected chi connectivity index (χ4v) is 9.16. The van der Waals surface area contributed by atoms with Gasteiger partial charge in [0.15, 0.2) is 5.82 Å². The Bertz CT molecular complexity index is 2100. The molecule has 4 aliphatic heterocycles. The van der Waals surface area contributed by atoms with Crippen molar-refractivity contribution in [1.29, 1.82) is 0 Å². The number of rotatable bonds is 13. The molecule has 0 aliphatic carbocycles. The van der Waals surface area contributed by atoms with Gasteiger partial charge in [0, 0.05) is 61.7 Å². The lowest BCUT2D eigenvalue weighted by Gasteiger charge is -2.34. The summed E-state index contributed by atoms with van der Waals surface area (Å²) in [5.41, 5.74) is -0.476. The zero-order valence-corrected chi connectivity index (χ0v) is 30.8. The molecule has 0 saturated carbocycles. The molecule has 12 heteroatoms. The molecule has 4 saturated heterocycles. The van der Waals surface area contributed by atoms with E-state index in [-0.39, 0.29) is 64.6 Å². The molecule has 2 aromatic heterocycles. The van der Waals surface area contributed by atoms with Crippen molar-refractivity contribution in [3.05, 3.63) is 47.7 Å². The number of unbranched alkanes of at least 4 members (excludes halogenated alkanes) is 5. The van der Waals surface area contributed by atoms with Gasteiger partial charge in [0.05, 0.1) is 16.5 Å². The summed E-state index contributed by atoms with van der Waals surface area (Å²) in [4.78, 5) is 31.3. The maximum absolute atomic E-state index is 17.3. The molecule has 2 bridgehead atoms. The number of nitrogens with one attached hydrogen (secondary N) is 1. The summed E-state index contributed by atoms with van der Waals surface area (Å²) in [7, 11) is 0. The number of alkyl halides is 1. The summed E-state index contributed by atoms with van der Waals surface area (Å²) in [6.07, 6.45) is 17.0. The van der Waals surface area contributed by atoms with Crippen LogP contribution in [0.4, 0.5) is 19.0 Å². The summed E-state index contributed by atoms with van der Waals surface area (Å²) < 4.78 is 59.2. The Morgan fingerprint density at radius 1 is 1.07 bits per heavy atom. The molecule has 0 radical (unpaired) electrons. The van der Waals surface area contributed by atoms with E-state index in [9.17, 15) is 9.18 Å². The fraction of sp³-hybridized carbons (Fsp3) is 0.524. The highest BCUT2D eigenvalue weighted by Crippen LogP contribution is 2.42. The number of carbonyl (C=O) groups excluding carboxylic acids is 1. The molecule has 284 valence electrons. The number of nitrogens with zero attached hydrogens (tertiary/aromatic N) is 5. The number of anilines is 1. The van der Waals surface area contributed by atoms with Gasteiger partial charge in [-0.1, -0.05) is 51.0 Å². The highest BCUT2D eigenvalue weighted by atomic mass is 19.1. The third-order valence-electron chi connectivity index (χ3n) is 11.8. The van der Waals surface area contributed by atoms with Crippen molar-refractivity contribution in [3.63, 3.8) is 0 Å². The topological polar surface area (TPSA) is 92.7 Å². The van der Waals surface area contributed by atoms with Crippen LogP contribution in [0.1, 0.15) is 89.5 Å². The third kappa shape index (κ3) is 7.08. The molecular formula is C42H47F3N6O3. The smallest absolute Gasteiger partial charge is 0.319 e. The second-order valence-corrected chi connectivity index (χ2v) is 15.5. The van der Waals surface area contributed by atoms with Crippen molar-refractivity contribution >= 4 is 33.5 Å². The molecule has 2 aromatic carbocycles. The maximum atomic E-state index is 17.3. The second kappa shape index (κ2) is 15.3. The Morgan fingerprint density at radius 3 is 2.67 bits per heavy atom. The monoisotopic (exact) mass is 740 g/mol. The van der Waals surface area contributed by atoms with Crippen LogP contribution in [-0.2, 0) is 4.79 Å².